The number of thioether (sulfide) groups is 1. The minimum absolute atomic E-state index is 0.000878. The van der Waals surface area contributed by atoms with Gasteiger partial charge < -0.3 is 4.74 Å². The van der Waals surface area contributed by atoms with E-state index < -0.39 is 0 Å². The van der Waals surface area contributed by atoms with Gasteiger partial charge in [0.1, 0.15) is 5.75 Å². The number of unbranched alkanes of at least 4 members (excludes halogenated alkanes) is 1. The largest absolute Gasteiger partial charge is 0.494 e. The summed E-state index contributed by atoms with van der Waals surface area (Å²) in [5, 5.41) is 0. The van der Waals surface area contributed by atoms with Crippen molar-refractivity contribution in [2.75, 3.05) is 12.9 Å². The van der Waals surface area contributed by atoms with Crippen LogP contribution in [0.3, 0.4) is 0 Å². The van der Waals surface area contributed by atoms with E-state index in [0.29, 0.717) is 5.56 Å². The molecule has 0 aliphatic heterocycles. The molecule has 0 heterocycles. The van der Waals surface area contributed by atoms with E-state index in [1.54, 1.807) is 17.8 Å². The van der Waals surface area contributed by atoms with Crippen LogP contribution in [0, 0.1) is 0 Å². The fourth-order valence-electron chi connectivity index (χ4n) is 2.03. The number of ether oxygens (including phenoxy) is 1. The van der Waals surface area contributed by atoms with E-state index in [4.69, 9.17) is 4.74 Å². The van der Waals surface area contributed by atoms with Crippen molar-refractivity contribution >= 4 is 23.6 Å². The summed E-state index contributed by atoms with van der Waals surface area (Å²) < 4.78 is 5.60. The zero-order valence-electron chi connectivity index (χ0n) is 13.6. The lowest BCUT2D eigenvalue weighted by atomic mass is 10.1. The van der Waals surface area contributed by atoms with Crippen molar-refractivity contribution in [2.24, 2.45) is 0 Å². The van der Waals surface area contributed by atoms with Crippen LogP contribution in [0.5, 0.6) is 5.75 Å². The first-order chi connectivity index (χ1) is 11.2. The fraction of sp³-hybridized carbons (Fsp3) is 0.250. The second-order valence-electron chi connectivity index (χ2n) is 5.20. The van der Waals surface area contributed by atoms with Crippen LogP contribution in [-0.4, -0.2) is 18.6 Å². The van der Waals surface area contributed by atoms with Crippen LogP contribution in [0.25, 0.3) is 6.08 Å². The molecule has 0 aliphatic rings. The molecule has 0 saturated heterocycles. The summed E-state index contributed by atoms with van der Waals surface area (Å²) in [6.45, 7) is 2.85. The first kappa shape index (κ1) is 17.4. The third kappa shape index (κ3) is 5.61. The second kappa shape index (κ2) is 9.21. The van der Waals surface area contributed by atoms with Gasteiger partial charge in [0.05, 0.1) is 6.61 Å². The molecule has 0 bridgehead atoms. The maximum absolute atomic E-state index is 12.2. The van der Waals surface area contributed by atoms with Crippen LogP contribution < -0.4 is 4.74 Å². The van der Waals surface area contributed by atoms with Gasteiger partial charge in [-0.3, -0.25) is 4.79 Å². The monoisotopic (exact) mass is 326 g/mol. The Labute approximate surface area is 142 Å². The van der Waals surface area contributed by atoms with E-state index in [0.717, 1.165) is 30.8 Å². The summed E-state index contributed by atoms with van der Waals surface area (Å²) >= 11 is 1.70. The van der Waals surface area contributed by atoms with Crippen molar-refractivity contribution in [3.05, 3.63) is 65.7 Å². The Balaban J connectivity index is 1.95. The van der Waals surface area contributed by atoms with Crippen LogP contribution in [0.15, 0.2) is 59.5 Å². The topological polar surface area (TPSA) is 26.3 Å². The fourth-order valence-corrected chi connectivity index (χ4v) is 2.44. The lowest BCUT2D eigenvalue weighted by Gasteiger charge is -2.05. The van der Waals surface area contributed by atoms with Gasteiger partial charge in [-0.1, -0.05) is 31.6 Å². The average Bonchev–Trinajstić information content (AvgIpc) is 2.61. The number of rotatable bonds is 8. The number of hydrogen-bond donors (Lipinski definition) is 0. The Morgan fingerprint density at radius 3 is 2.39 bits per heavy atom. The third-order valence-corrected chi connectivity index (χ3v) is 4.19. The number of carbonyl (C=O) groups is 1. The van der Waals surface area contributed by atoms with Crippen LogP contribution in [-0.2, 0) is 0 Å². The van der Waals surface area contributed by atoms with Crippen molar-refractivity contribution < 1.29 is 9.53 Å². The SMILES string of the molecule is CCCCOc1ccc(C(=O)/C=C/c2ccc(SC)cc2)cc1. The quantitative estimate of drug-likeness (QED) is 0.278. The summed E-state index contributed by atoms with van der Waals surface area (Å²) in [5.41, 5.74) is 1.69. The summed E-state index contributed by atoms with van der Waals surface area (Å²) in [7, 11) is 0. The number of allylic oxidation sites excluding steroid dienone is 1. The highest BCUT2D eigenvalue weighted by Crippen LogP contribution is 2.16. The van der Waals surface area contributed by atoms with Crippen molar-refractivity contribution in [3.63, 3.8) is 0 Å². The van der Waals surface area contributed by atoms with E-state index in [1.807, 2.05) is 48.7 Å². The van der Waals surface area contributed by atoms with Gasteiger partial charge in [-0.05, 0) is 60.7 Å². The van der Waals surface area contributed by atoms with Crippen LogP contribution in [0.2, 0.25) is 0 Å². The molecular formula is C20H22O2S. The zero-order valence-corrected chi connectivity index (χ0v) is 14.4. The molecule has 120 valence electrons. The average molecular weight is 326 g/mol. The lowest BCUT2D eigenvalue weighted by molar-refractivity contribution is 0.104. The molecule has 2 aromatic rings. The molecule has 0 aromatic heterocycles. The molecular weight excluding hydrogens is 304 g/mol. The standard InChI is InChI=1S/C20H22O2S/c1-3-4-15-22-18-10-8-17(9-11-18)20(21)14-7-16-5-12-19(23-2)13-6-16/h5-14H,3-4,15H2,1-2H3/b14-7+. The normalized spacial score (nSPS) is 10.9. The van der Waals surface area contributed by atoms with Gasteiger partial charge in [-0.15, -0.1) is 11.8 Å². The zero-order chi connectivity index (χ0) is 16.5. The molecule has 0 saturated carbocycles. The minimum atomic E-state index is -0.000878. The van der Waals surface area contributed by atoms with Crippen LogP contribution in [0.4, 0.5) is 0 Å². The van der Waals surface area contributed by atoms with Crippen molar-refractivity contribution in [2.45, 2.75) is 24.7 Å². The molecule has 2 nitrogen and oxygen atoms in total. The number of carbonyl (C=O) groups excluding carboxylic acids is 1. The molecule has 2 rings (SSSR count). The smallest absolute Gasteiger partial charge is 0.185 e. The number of hydrogen-bond acceptors (Lipinski definition) is 3. The summed E-state index contributed by atoms with van der Waals surface area (Å²) in [6, 6.07) is 15.5. The van der Waals surface area contributed by atoms with Gasteiger partial charge in [0.25, 0.3) is 0 Å². The van der Waals surface area contributed by atoms with E-state index in [9.17, 15) is 4.79 Å². The van der Waals surface area contributed by atoms with Crippen molar-refractivity contribution in [3.8, 4) is 5.75 Å². The van der Waals surface area contributed by atoms with E-state index >= 15 is 0 Å². The summed E-state index contributed by atoms with van der Waals surface area (Å²) in [5.74, 6) is 0.811. The van der Waals surface area contributed by atoms with Gasteiger partial charge in [-0.2, -0.15) is 0 Å². The van der Waals surface area contributed by atoms with E-state index in [2.05, 4.69) is 19.1 Å². The first-order valence-electron chi connectivity index (χ1n) is 7.82. The predicted molar refractivity (Wildman–Crippen MR) is 98.4 cm³/mol. The Morgan fingerprint density at radius 2 is 1.78 bits per heavy atom. The van der Waals surface area contributed by atoms with Crippen molar-refractivity contribution in [1.29, 1.82) is 0 Å². The molecule has 0 amide bonds. The Bertz CT molecular complexity index is 642. The molecule has 0 spiro atoms. The van der Waals surface area contributed by atoms with Gasteiger partial charge >= 0.3 is 0 Å². The van der Waals surface area contributed by atoms with E-state index in [-0.39, 0.29) is 5.78 Å². The molecule has 0 aliphatic carbocycles. The van der Waals surface area contributed by atoms with Crippen LogP contribution in [0.1, 0.15) is 35.7 Å². The number of benzene rings is 2. The molecule has 0 N–H and O–H groups in total. The maximum Gasteiger partial charge on any atom is 0.185 e. The number of ketones is 1. The Morgan fingerprint density at radius 1 is 1.09 bits per heavy atom. The molecule has 0 radical (unpaired) electrons. The summed E-state index contributed by atoms with van der Waals surface area (Å²) in [6.07, 6.45) is 7.65. The second-order valence-corrected chi connectivity index (χ2v) is 6.08. The van der Waals surface area contributed by atoms with Gasteiger partial charge in [-0.25, -0.2) is 0 Å². The highest BCUT2D eigenvalue weighted by molar-refractivity contribution is 7.98. The lowest BCUT2D eigenvalue weighted by Crippen LogP contribution is -1.98. The minimum Gasteiger partial charge on any atom is -0.494 e. The third-order valence-electron chi connectivity index (χ3n) is 3.45. The van der Waals surface area contributed by atoms with Gasteiger partial charge in [0.2, 0.25) is 0 Å². The van der Waals surface area contributed by atoms with Gasteiger partial charge in [0, 0.05) is 10.5 Å². The maximum atomic E-state index is 12.2. The Kier molecular flexibility index (Phi) is 6.95. The molecule has 0 unspecified atom stereocenters. The summed E-state index contributed by atoms with van der Waals surface area (Å²) in [4.78, 5) is 13.4. The van der Waals surface area contributed by atoms with Crippen molar-refractivity contribution in [1.82, 2.24) is 0 Å². The Hall–Kier alpha value is -2.00. The van der Waals surface area contributed by atoms with Crippen LogP contribution >= 0.6 is 11.8 Å². The predicted octanol–water partition coefficient (Wildman–Crippen LogP) is 5.48. The molecule has 2 aromatic carbocycles. The molecule has 23 heavy (non-hydrogen) atoms. The van der Waals surface area contributed by atoms with Gasteiger partial charge in [0.15, 0.2) is 5.78 Å². The molecule has 3 heteroatoms. The highest BCUT2D eigenvalue weighted by atomic mass is 32.2. The van der Waals surface area contributed by atoms with E-state index in [1.165, 1.54) is 4.90 Å². The first-order valence-corrected chi connectivity index (χ1v) is 9.04. The highest BCUT2D eigenvalue weighted by Gasteiger charge is 2.02. The molecule has 0 atom stereocenters. The molecule has 0 fully saturated rings.